The molecule has 0 amide bonds. The Kier molecular flexibility index (Phi) is 3.18. The summed E-state index contributed by atoms with van der Waals surface area (Å²) < 4.78 is 14.7. The van der Waals surface area contributed by atoms with E-state index in [1.807, 2.05) is 18.2 Å². The predicted molar refractivity (Wildman–Crippen MR) is 73.8 cm³/mol. The van der Waals surface area contributed by atoms with Crippen LogP contribution in [0.2, 0.25) is 0 Å². The normalized spacial score (nSPS) is 17.8. The summed E-state index contributed by atoms with van der Waals surface area (Å²) in [7, 11) is 0. The quantitative estimate of drug-likeness (QED) is 0.885. The van der Waals surface area contributed by atoms with E-state index in [1.165, 1.54) is 17.2 Å². The van der Waals surface area contributed by atoms with Gasteiger partial charge in [0.2, 0.25) is 0 Å². The lowest BCUT2D eigenvalue weighted by Gasteiger charge is -2.13. The fourth-order valence-electron chi connectivity index (χ4n) is 2.48. The van der Waals surface area contributed by atoms with Crippen molar-refractivity contribution in [1.82, 2.24) is 5.32 Å². The van der Waals surface area contributed by atoms with Crippen molar-refractivity contribution in [3.63, 3.8) is 0 Å². The van der Waals surface area contributed by atoms with E-state index in [4.69, 9.17) is 0 Å². The van der Waals surface area contributed by atoms with Crippen LogP contribution >= 0.6 is 15.9 Å². The molecule has 18 heavy (non-hydrogen) atoms. The van der Waals surface area contributed by atoms with Crippen LogP contribution in [0.4, 0.5) is 4.39 Å². The van der Waals surface area contributed by atoms with Crippen LogP contribution in [0.25, 0.3) is 0 Å². The summed E-state index contributed by atoms with van der Waals surface area (Å²) in [5, 5.41) is 3.44. The maximum atomic E-state index is 13.8. The average molecular weight is 306 g/mol. The van der Waals surface area contributed by atoms with Gasteiger partial charge in [0.25, 0.3) is 0 Å². The summed E-state index contributed by atoms with van der Waals surface area (Å²) in [5.74, 6) is -0.135. The van der Waals surface area contributed by atoms with Gasteiger partial charge in [0.15, 0.2) is 0 Å². The minimum Gasteiger partial charge on any atom is -0.306 e. The molecule has 0 bridgehead atoms. The molecule has 0 saturated carbocycles. The first kappa shape index (κ1) is 11.9. The van der Waals surface area contributed by atoms with Gasteiger partial charge in [-0.25, -0.2) is 4.39 Å². The number of fused-ring (bicyclic) bond motifs is 1. The van der Waals surface area contributed by atoms with Crippen LogP contribution in [0.15, 0.2) is 46.9 Å². The highest BCUT2D eigenvalue weighted by Crippen LogP contribution is 2.29. The van der Waals surface area contributed by atoms with Crippen LogP contribution < -0.4 is 5.32 Å². The fraction of sp³-hybridized carbons (Fsp3) is 0.200. The number of benzene rings is 2. The second kappa shape index (κ2) is 4.82. The molecule has 3 rings (SSSR count). The van der Waals surface area contributed by atoms with E-state index >= 15 is 0 Å². The Morgan fingerprint density at radius 1 is 1.22 bits per heavy atom. The average Bonchev–Trinajstić information content (AvgIpc) is 2.78. The maximum Gasteiger partial charge on any atom is 0.126 e. The Morgan fingerprint density at radius 3 is 2.94 bits per heavy atom. The van der Waals surface area contributed by atoms with Gasteiger partial charge in [-0.15, -0.1) is 0 Å². The summed E-state index contributed by atoms with van der Waals surface area (Å²) in [6.45, 7) is 0.871. The number of hydrogen-bond acceptors (Lipinski definition) is 1. The van der Waals surface area contributed by atoms with Crippen molar-refractivity contribution in [1.29, 1.82) is 0 Å². The second-order valence-electron chi connectivity index (χ2n) is 4.57. The van der Waals surface area contributed by atoms with Crippen molar-refractivity contribution in [2.24, 2.45) is 0 Å². The van der Waals surface area contributed by atoms with Gasteiger partial charge in [-0.1, -0.05) is 40.2 Å². The van der Waals surface area contributed by atoms with Gasteiger partial charge < -0.3 is 5.32 Å². The Bertz CT molecular complexity index is 582. The van der Waals surface area contributed by atoms with E-state index < -0.39 is 0 Å². The number of hydrogen-bond donors (Lipinski definition) is 1. The largest absolute Gasteiger partial charge is 0.306 e. The van der Waals surface area contributed by atoms with Crippen molar-refractivity contribution in [2.45, 2.75) is 19.0 Å². The van der Waals surface area contributed by atoms with Gasteiger partial charge in [0.05, 0.1) is 0 Å². The molecule has 92 valence electrons. The maximum absolute atomic E-state index is 13.8. The van der Waals surface area contributed by atoms with Gasteiger partial charge in [-0.3, -0.25) is 0 Å². The van der Waals surface area contributed by atoms with Crippen molar-refractivity contribution < 1.29 is 4.39 Å². The van der Waals surface area contributed by atoms with Gasteiger partial charge in [0, 0.05) is 17.1 Å². The van der Waals surface area contributed by atoms with Gasteiger partial charge in [0.1, 0.15) is 5.82 Å². The molecule has 1 aliphatic rings. The molecule has 0 aromatic heterocycles. The van der Waals surface area contributed by atoms with E-state index in [9.17, 15) is 4.39 Å². The van der Waals surface area contributed by atoms with Crippen molar-refractivity contribution in [2.75, 3.05) is 0 Å². The zero-order valence-electron chi connectivity index (χ0n) is 9.79. The van der Waals surface area contributed by atoms with Crippen LogP contribution in [-0.2, 0) is 13.0 Å². The standard InChI is InChI=1S/C15H13BrFN/c16-12-5-6-14(17)11(7-12)8-15-13-4-2-1-3-10(13)9-18-15/h1-7,15,18H,8-9H2. The van der Waals surface area contributed by atoms with Crippen LogP contribution in [0.1, 0.15) is 22.7 Å². The third-order valence-electron chi connectivity index (χ3n) is 3.40. The Balaban J connectivity index is 1.88. The van der Waals surface area contributed by atoms with E-state index in [0.29, 0.717) is 6.42 Å². The highest BCUT2D eigenvalue weighted by Gasteiger charge is 2.22. The SMILES string of the molecule is Fc1ccc(Br)cc1CC1NCc2ccccc21. The minimum absolute atomic E-state index is 0.135. The molecule has 1 N–H and O–H groups in total. The molecule has 2 aromatic rings. The Labute approximate surface area is 114 Å². The van der Waals surface area contributed by atoms with Crippen molar-refractivity contribution >= 4 is 15.9 Å². The first-order valence-electron chi connectivity index (χ1n) is 5.99. The van der Waals surface area contributed by atoms with Crippen molar-refractivity contribution in [3.8, 4) is 0 Å². The summed E-state index contributed by atoms with van der Waals surface area (Å²) in [6, 6.07) is 13.6. The van der Waals surface area contributed by atoms with Crippen LogP contribution in [0.5, 0.6) is 0 Å². The zero-order chi connectivity index (χ0) is 12.5. The molecule has 0 fully saturated rings. The molecule has 1 heterocycles. The minimum atomic E-state index is -0.135. The number of halogens is 2. The lowest BCUT2D eigenvalue weighted by Crippen LogP contribution is -2.15. The van der Waals surface area contributed by atoms with E-state index in [1.54, 1.807) is 6.07 Å². The molecule has 1 aliphatic heterocycles. The molecular formula is C15H13BrFN. The molecule has 0 saturated heterocycles. The molecule has 1 atom stereocenters. The Hall–Kier alpha value is -1.19. The van der Waals surface area contributed by atoms with Crippen molar-refractivity contribution in [3.05, 3.63) is 69.4 Å². The first-order valence-corrected chi connectivity index (χ1v) is 6.78. The molecule has 2 aromatic carbocycles. The summed E-state index contributed by atoms with van der Waals surface area (Å²) >= 11 is 3.39. The molecule has 1 unspecified atom stereocenters. The summed E-state index contributed by atoms with van der Waals surface area (Å²) in [6.07, 6.45) is 0.683. The third kappa shape index (κ3) is 2.20. The van der Waals surface area contributed by atoms with Gasteiger partial charge in [-0.05, 0) is 41.3 Å². The lowest BCUT2D eigenvalue weighted by molar-refractivity contribution is 0.549. The first-order chi connectivity index (χ1) is 8.74. The summed E-state index contributed by atoms with van der Waals surface area (Å²) in [4.78, 5) is 0. The highest BCUT2D eigenvalue weighted by atomic mass is 79.9. The molecule has 0 radical (unpaired) electrons. The van der Waals surface area contributed by atoms with Crippen LogP contribution in [0, 0.1) is 5.82 Å². The monoisotopic (exact) mass is 305 g/mol. The third-order valence-corrected chi connectivity index (χ3v) is 3.89. The van der Waals surface area contributed by atoms with Crippen LogP contribution in [-0.4, -0.2) is 0 Å². The lowest BCUT2D eigenvalue weighted by atomic mass is 9.98. The molecule has 3 heteroatoms. The predicted octanol–water partition coefficient (Wildman–Crippen LogP) is 3.98. The highest BCUT2D eigenvalue weighted by molar-refractivity contribution is 9.10. The number of nitrogens with one attached hydrogen (secondary N) is 1. The van der Waals surface area contributed by atoms with Crippen LogP contribution in [0.3, 0.4) is 0 Å². The second-order valence-corrected chi connectivity index (χ2v) is 5.49. The number of rotatable bonds is 2. The fourth-order valence-corrected chi connectivity index (χ4v) is 2.89. The zero-order valence-corrected chi connectivity index (χ0v) is 11.4. The topological polar surface area (TPSA) is 12.0 Å². The van der Waals surface area contributed by atoms with Gasteiger partial charge in [-0.2, -0.15) is 0 Å². The smallest absolute Gasteiger partial charge is 0.126 e. The summed E-state index contributed by atoms with van der Waals surface area (Å²) in [5.41, 5.74) is 3.35. The van der Waals surface area contributed by atoms with E-state index in [2.05, 4.69) is 33.4 Å². The van der Waals surface area contributed by atoms with E-state index in [-0.39, 0.29) is 11.9 Å². The molecule has 0 spiro atoms. The Morgan fingerprint density at radius 2 is 2.06 bits per heavy atom. The molecule has 1 nitrogen and oxygen atoms in total. The van der Waals surface area contributed by atoms with Gasteiger partial charge >= 0.3 is 0 Å². The molecule has 0 aliphatic carbocycles. The molecular weight excluding hydrogens is 293 g/mol. The van der Waals surface area contributed by atoms with E-state index in [0.717, 1.165) is 16.6 Å².